The number of hydrogen-bond donors (Lipinski definition) is 0. The molecule has 0 aliphatic heterocycles. The molecule has 0 bridgehead atoms. The Morgan fingerprint density at radius 1 is 0.920 bits per heavy atom. The average Bonchev–Trinajstić information content (AvgIpc) is 2.58. The molecule has 138 valence electrons. The largest absolute Gasteiger partial charge is 0.212 e. The highest BCUT2D eigenvalue weighted by atomic mass is 19.1. The van der Waals surface area contributed by atoms with Gasteiger partial charge in [0.1, 0.15) is 17.5 Å². The maximum absolute atomic E-state index is 14.5. The molecule has 0 heterocycles. The van der Waals surface area contributed by atoms with Gasteiger partial charge in [-0.15, -0.1) is 0 Å². The molecule has 0 aromatic rings. The monoisotopic (exact) mass is 350 g/mol. The van der Waals surface area contributed by atoms with Crippen LogP contribution in [0.25, 0.3) is 0 Å². The fourth-order valence-electron chi connectivity index (χ4n) is 2.92. The molecule has 0 saturated carbocycles. The Morgan fingerprint density at radius 2 is 1.60 bits per heavy atom. The summed E-state index contributed by atoms with van der Waals surface area (Å²) in [6.45, 7) is 10.00. The number of allylic oxidation sites excluding steroid dienone is 12. The lowest BCUT2D eigenvalue weighted by Gasteiger charge is -2.21. The zero-order valence-electron chi connectivity index (χ0n) is 16.0. The first-order valence-corrected chi connectivity index (χ1v) is 9.11. The average molecular weight is 350 g/mol. The van der Waals surface area contributed by atoms with Gasteiger partial charge in [-0.2, -0.15) is 0 Å². The highest BCUT2D eigenvalue weighted by Gasteiger charge is 2.22. The predicted octanol–water partition coefficient (Wildman–Crippen LogP) is 8.13. The van der Waals surface area contributed by atoms with Crippen molar-refractivity contribution >= 4 is 0 Å². The van der Waals surface area contributed by atoms with Crippen molar-refractivity contribution in [3.63, 3.8) is 0 Å². The fourth-order valence-corrected chi connectivity index (χ4v) is 2.92. The minimum atomic E-state index is -0.563. The second-order valence-electron chi connectivity index (χ2n) is 6.20. The predicted molar refractivity (Wildman–Crippen MR) is 101 cm³/mol. The van der Waals surface area contributed by atoms with E-state index in [2.05, 4.69) is 0 Å². The van der Waals surface area contributed by atoms with Gasteiger partial charge in [-0.1, -0.05) is 38.5 Å². The van der Waals surface area contributed by atoms with Crippen LogP contribution in [-0.2, 0) is 0 Å². The van der Waals surface area contributed by atoms with E-state index in [1.165, 1.54) is 6.08 Å². The van der Waals surface area contributed by atoms with Crippen molar-refractivity contribution in [3.05, 3.63) is 69.7 Å². The van der Waals surface area contributed by atoms with Gasteiger partial charge in [0.15, 0.2) is 0 Å². The molecule has 0 nitrogen and oxygen atoms in total. The second kappa shape index (κ2) is 10.3. The quantitative estimate of drug-likeness (QED) is 0.449. The van der Waals surface area contributed by atoms with Crippen LogP contribution in [0.1, 0.15) is 66.7 Å². The van der Waals surface area contributed by atoms with Crippen molar-refractivity contribution in [3.8, 4) is 0 Å². The molecule has 0 unspecified atom stereocenters. The van der Waals surface area contributed by atoms with E-state index in [4.69, 9.17) is 0 Å². The van der Waals surface area contributed by atoms with Gasteiger partial charge in [0.05, 0.1) is 0 Å². The van der Waals surface area contributed by atoms with E-state index >= 15 is 0 Å². The molecule has 2 aliphatic rings. The maximum Gasteiger partial charge on any atom is 0.129 e. The van der Waals surface area contributed by atoms with Crippen molar-refractivity contribution in [2.75, 3.05) is 0 Å². The van der Waals surface area contributed by atoms with E-state index in [1.54, 1.807) is 0 Å². The Hall–Kier alpha value is -1.77. The van der Waals surface area contributed by atoms with E-state index in [1.807, 2.05) is 46.8 Å². The van der Waals surface area contributed by atoms with Gasteiger partial charge in [0.25, 0.3) is 0 Å². The number of rotatable bonds is 4. The summed E-state index contributed by atoms with van der Waals surface area (Å²) in [6, 6.07) is 0. The highest BCUT2D eigenvalue weighted by Crippen LogP contribution is 2.38. The molecule has 0 aromatic carbocycles. The van der Waals surface area contributed by atoms with Crippen molar-refractivity contribution in [2.24, 2.45) is 0 Å². The topological polar surface area (TPSA) is 0 Å². The molecular weight excluding hydrogens is 321 g/mol. The summed E-state index contributed by atoms with van der Waals surface area (Å²) in [5, 5.41) is 0. The third-order valence-corrected chi connectivity index (χ3v) is 4.19. The van der Waals surface area contributed by atoms with Gasteiger partial charge in [-0.05, 0) is 67.9 Å². The molecule has 0 amide bonds. The van der Waals surface area contributed by atoms with Gasteiger partial charge in [0.2, 0.25) is 0 Å². The molecule has 0 aromatic heterocycles. The van der Waals surface area contributed by atoms with Gasteiger partial charge in [-0.3, -0.25) is 0 Å². The summed E-state index contributed by atoms with van der Waals surface area (Å²) in [4.78, 5) is 0. The summed E-state index contributed by atoms with van der Waals surface area (Å²) in [5.41, 5.74) is 3.94. The van der Waals surface area contributed by atoms with Gasteiger partial charge in [0, 0.05) is 12.5 Å². The van der Waals surface area contributed by atoms with E-state index < -0.39 is 11.7 Å². The van der Waals surface area contributed by atoms with Crippen molar-refractivity contribution in [1.29, 1.82) is 0 Å². The van der Waals surface area contributed by atoms with Crippen molar-refractivity contribution in [1.82, 2.24) is 0 Å². The SMILES string of the molecule is CC.CC/C(=C\C=C(C)C)C1=C(F)C=C(C2=C(F)C=C(F)CC2)CC1. The molecule has 0 radical (unpaired) electrons. The van der Waals surface area contributed by atoms with E-state index in [-0.39, 0.29) is 12.2 Å². The zero-order chi connectivity index (χ0) is 19.0. The minimum absolute atomic E-state index is 0.193. The van der Waals surface area contributed by atoms with E-state index in [9.17, 15) is 13.2 Å². The van der Waals surface area contributed by atoms with Crippen LogP contribution in [0.4, 0.5) is 13.2 Å². The van der Waals surface area contributed by atoms with Crippen LogP contribution in [0.2, 0.25) is 0 Å². The Balaban J connectivity index is 0.00000151. The third-order valence-electron chi connectivity index (χ3n) is 4.19. The normalized spacial score (nSPS) is 18.3. The molecule has 0 fully saturated rings. The Bertz CT molecular complexity index is 663. The Labute approximate surface area is 150 Å². The summed E-state index contributed by atoms with van der Waals surface area (Å²) in [6.07, 6.45) is 8.68. The zero-order valence-corrected chi connectivity index (χ0v) is 16.0. The molecule has 0 spiro atoms. The molecule has 0 N–H and O–H groups in total. The summed E-state index contributed by atoms with van der Waals surface area (Å²) >= 11 is 0. The molecule has 0 atom stereocenters. The van der Waals surface area contributed by atoms with E-state index in [0.717, 1.165) is 23.6 Å². The van der Waals surface area contributed by atoms with Gasteiger partial charge >= 0.3 is 0 Å². The highest BCUT2D eigenvalue weighted by molar-refractivity contribution is 5.49. The summed E-state index contributed by atoms with van der Waals surface area (Å²) in [7, 11) is 0. The lowest BCUT2D eigenvalue weighted by molar-refractivity contribution is 0.546. The van der Waals surface area contributed by atoms with Crippen LogP contribution in [0.15, 0.2) is 69.7 Å². The second-order valence-corrected chi connectivity index (χ2v) is 6.20. The van der Waals surface area contributed by atoms with Crippen LogP contribution in [0.3, 0.4) is 0 Å². The summed E-state index contributed by atoms with van der Waals surface area (Å²) in [5.74, 6) is -1.30. The molecule has 2 rings (SSSR count). The lowest BCUT2D eigenvalue weighted by atomic mass is 9.85. The third kappa shape index (κ3) is 5.91. The van der Waals surface area contributed by atoms with Crippen molar-refractivity contribution in [2.45, 2.75) is 66.7 Å². The first-order valence-electron chi connectivity index (χ1n) is 9.11. The molecule has 0 saturated heterocycles. The minimum Gasteiger partial charge on any atom is -0.212 e. The molecule has 25 heavy (non-hydrogen) atoms. The molecular formula is C22H29F3. The number of halogens is 3. The molecule has 3 heteroatoms. The first-order chi connectivity index (χ1) is 11.9. The molecule has 2 aliphatic carbocycles. The number of hydrogen-bond acceptors (Lipinski definition) is 0. The Morgan fingerprint density at radius 3 is 2.12 bits per heavy atom. The van der Waals surface area contributed by atoms with Gasteiger partial charge in [-0.25, -0.2) is 13.2 Å². The standard InChI is InChI=1S/C20H23F3.C2H6/c1-4-14(6-5-13(2)3)17-9-7-15(11-19(17)22)18-10-8-16(21)12-20(18)23;1-2/h5-6,11-12H,4,7-10H2,1-3H3;1-2H3/b14-6+;. The van der Waals surface area contributed by atoms with Crippen LogP contribution >= 0.6 is 0 Å². The van der Waals surface area contributed by atoms with Crippen molar-refractivity contribution < 1.29 is 13.2 Å². The fraction of sp³-hybridized carbons (Fsp3) is 0.455. The van der Waals surface area contributed by atoms with Crippen LogP contribution in [-0.4, -0.2) is 0 Å². The Kier molecular flexibility index (Phi) is 8.74. The van der Waals surface area contributed by atoms with Crippen LogP contribution in [0, 0.1) is 0 Å². The maximum atomic E-state index is 14.5. The lowest BCUT2D eigenvalue weighted by Crippen LogP contribution is -2.05. The van der Waals surface area contributed by atoms with Gasteiger partial charge < -0.3 is 0 Å². The summed E-state index contributed by atoms with van der Waals surface area (Å²) < 4.78 is 41.5. The van der Waals surface area contributed by atoms with E-state index in [0.29, 0.717) is 36.0 Å². The first kappa shape index (κ1) is 21.3. The van der Waals surface area contributed by atoms with Crippen LogP contribution in [0.5, 0.6) is 0 Å². The smallest absolute Gasteiger partial charge is 0.129 e. The van der Waals surface area contributed by atoms with Crippen LogP contribution < -0.4 is 0 Å².